The third-order valence-electron chi connectivity index (χ3n) is 2.96. The predicted octanol–water partition coefficient (Wildman–Crippen LogP) is 0.487. The summed E-state index contributed by atoms with van der Waals surface area (Å²) in [7, 11) is 1.47. The molecule has 2 heterocycles. The van der Waals surface area contributed by atoms with Crippen molar-refractivity contribution >= 4 is 11.9 Å². The third kappa shape index (κ3) is 3.89. The zero-order valence-corrected chi connectivity index (χ0v) is 12.0. The van der Waals surface area contributed by atoms with E-state index in [1.807, 2.05) is 0 Å². The molecule has 1 atom stereocenters. The number of pyridine rings is 1. The molecule has 0 fully saturated rings. The molecule has 0 saturated carbocycles. The van der Waals surface area contributed by atoms with E-state index < -0.39 is 17.9 Å². The Morgan fingerprint density at radius 2 is 2.27 bits per heavy atom. The molecule has 2 aromatic rings. The highest BCUT2D eigenvalue weighted by Gasteiger charge is 2.21. The second-order valence-electron chi connectivity index (χ2n) is 4.50. The summed E-state index contributed by atoms with van der Waals surface area (Å²) in [5, 5.41) is 15.6. The van der Waals surface area contributed by atoms with Crippen molar-refractivity contribution in [3.05, 3.63) is 42.5 Å². The molecule has 116 valence electrons. The molecule has 1 amide bonds. The minimum absolute atomic E-state index is 0.122. The fraction of sp³-hybridized carbons (Fsp3) is 0.286. The van der Waals surface area contributed by atoms with Gasteiger partial charge in [0.05, 0.1) is 5.69 Å². The first-order valence-corrected chi connectivity index (χ1v) is 6.60. The summed E-state index contributed by atoms with van der Waals surface area (Å²) in [6, 6.07) is 3.97. The van der Waals surface area contributed by atoms with Crippen molar-refractivity contribution < 1.29 is 19.4 Å². The van der Waals surface area contributed by atoms with Gasteiger partial charge < -0.3 is 15.2 Å². The molecule has 8 nitrogen and oxygen atoms in total. The van der Waals surface area contributed by atoms with Gasteiger partial charge in [0.1, 0.15) is 11.7 Å². The lowest BCUT2D eigenvalue weighted by molar-refractivity contribution is -0.139. The van der Waals surface area contributed by atoms with Crippen molar-refractivity contribution in [2.45, 2.75) is 12.5 Å². The lowest BCUT2D eigenvalue weighted by atomic mass is 10.2. The predicted molar refractivity (Wildman–Crippen MR) is 76.7 cm³/mol. The molecule has 0 aliphatic carbocycles. The highest BCUT2D eigenvalue weighted by Crippen LogP contribution is 2.07. The highest BCUT2D eigenvalue weighted by molar-refractivity contribution is 5.95. The van der Waals surface area contributed by atoms with Gasteiger partial charge >= 0.3 is 5.97 Å². The Bertz CT molecular complexity index is 642. The molecule has 0 spiro atoms. The fourth-order valence-electron chi connectivity index (χ4n) is 1.83. The Balaban J connectivity index is 2.12. The van der Waals surface area contributed by atoms with Gasteiger partial charge in [-0.1, -0.05) is 0 Å². The van der Waals surface area contributed by atoms with Crippen LogP contribution >= 0.6 is 0 Å². The number of carbonyl (C=O) groups excluding carboxylic acids is 1. The summed E-state index contributed by atoms with van der Waals surface area (Å²) in [5.74, 6) is -1.67. The zero-order valence-electron chi connectivity index (χ0n) is 12.0. The molecule has 0 saturated heterocycles. The number of nitrogens with zero attached hydrogens (tertiary/aromatic N) is 3. The van der Waals surface area contributed by atoms with Crippen LogP contribution in [0.4, 0.5) is 0 Å². The molecule has 0 aromatic carbocycles. The Hall–Kier alpha value is -2.74. The van der Waals surface area contributed by atoms with E-state index in [0.29, 0.717) is 5.69 Å². The van der Waals surface area contributed by atoms with Crippen LogP contribution in [0.3, 0.4) is 0 Å². The Labute approximate surface area is 126 Å². The SMILES string of the molecule is COCCC(NC(=O)c1cc(-n2cccn2)ccn1)C(=O)O. The molecule has 2 rings (SSSR count). The summed E-state index contributed by atoms with van der Waals surface area (Å²) in [6.45, 7) is 0.234. The average Bonchev–Trinajstić information content (AvgIpc) is 3.05. The number of carboxylic acid groups (broad SMARTS) is 1. The number of rotatable bonds is 7. The number of ether oxygens (including phenoxy) is 1. The number of hydrogen-bond donors (Lipinski definition) is 2. The number of nitrogens with one attached hydrogen (secondary N) is 1. The Morgan fingerprint density at radius 3 is 2.91 bits per heavy atom. The van der Waals surface area contributed by atoms with Gasteiger partial charge in [-0.25, -0.2) is 9.48 Å². The van der Waals surface area contributed by atoms with Crippen molar-refractivity contribution in [2.75, 3.05) is 13.7 Å². The monoisotopic (exact) mass is 304 g/mol. The summed E-state index contributed by atoms with van der Waals surface area (Å²) >= 11 is 0. The highest BCUT2D eigenvalue weighted by atomic mass is 16.5. The van der Waals surface area contributed by atoms with Gasteiger partial charge in [0.2, 0.25) is 0 Å². The van der Waals surface area contributed by atoms with Gasteiger partial charge in [0.25, 0.3) is 5.91 Å². The first kappa shape index (κ1) is 15.6. The maximum absolute atomic E-state index is 12.1. The van der Waals surface area contributed by atoms with Crippen LogP contribution in [0.5, 0.6) is 0 Å². The minimum Gasteiger partial charge on any atom is -0.480 e. The number of aliphatic carboxylic acids is 1. The van der Waals surface area contributed by atoms with Gasteiger partial charge in [-0.2, -0.15) is 5.10 Å². The van der Waals surface area contributed by atoms with Gasteiger partial charge in [-0.15, -0.1) is 0 Å². The Morgan fingerprint density at radius 1 is 1.45 bits per heavy atom. The van der Waals surface area contributed by atoms with Crippen LogP contribution in [0, 0.1) is 0 Å². The number of carboxylic acids is 1. The number of aromatic nitrogens is 3. The Kier molecular flexibility index (Phi) is 5.21. The molecule has 0 bridgehead atoms. The average molecular weight is 304 g/mol. The molecule has 22 heavy (non-hydrogen) atoms. The molecular weight excluding hydrogens is 288 g/mol. The molecule has 0 aliphatic rings. The summed E-state index contributed by atoms with van der Waals surface area (Å²) in [4.78, 5) is 27.2. The number of carbonyl (C=O) groups is 2. The first-order valence-electron chi connectivity index (χ1n) is 6.60. The van der Waals surface area contributed by atoms with Crippen LogP contribution in [0.25, 0.3) is 5.69 Å². The summed E-state index contributed by atoms with van der Waals surface area (Å²) < 4.78 is 6.42. The van der Waals surface area contributed by atoms with Gasteiger partial charge in [-0.3, -0.25) is 9.78 Å². The number of hydrogen-bond acceptors (Lipinski definition) is 5. The maximum atomic E-state index is 12.1. The zero-order chi connectivity index (χ0) is 15.9. The van der Waals surface area contributed by atoms with E-state index in [1.165, 1.54) is 19.4 Å². The van der Waals surface area contributed by atoms with Crippen LogP contribution < -0.4 is 5.32 Å². The number of methoxy groups -OCH3 is 1. The van der Waals surface area contributed by atoms with Gasteiger partial charge in [-0.05, 0) is 18.2 Å². The summed E-state index contributed by atoms with van der Waals surface area (Å²) in [6.07, 6.45) is 4.99. The molecular formula is C14H16N4O4. The molecule has 0 aliphatic heterocycles. The van der Waals surface area contributed by atoms with Crippen molar-refractivity contribution in [1.82, 2.24) is 20.1 Å². The molecule has 2 aromatic heterocycles. The van der Waals surface area contributed by atoms with E-state index in [9.17, 15) is 9.59 Å². The summed E-state index contributed by atoms with van der Waals surface area (Å²) in [5.41, 5.74) is 0.783. The largest absolute Gasteiger partial charge is 0.480 e. The van der Waals surface area contributed by atoms with Crippen LogP contribution in [0.2, 0.25) is 0 Å². The van der Waals surface area contributed by atoms with Crippen molar-refractivity contribution in [2.24, 2.45) is 0 Å². The van der Waals surface area contributed by atoms with E-state index in [0.717, 1.165) is 0 Å². The van der Waals surface area contributed by atoms with Crippen LogP contribution in [-0.2, 0) is 9.53 Å². The van der Waals surface area contributed by atoms with Gasteiger partial charge in [0.15, 0.2) is 0 Å². The van der Waals surface area contributed by atoms with Gasteiger partial charge in [0, 0.05) is 38.7 Å². The van der Waals surface area contributed by atoms with Crippen molar-refractivity contribution in [3.8, 4) is 5.69 Å². The first-order chi connectivity index (χ1) is 10.6. The normalized spacial score (nSPS) is 11.9. The third-order valence-corrected chi connectivity index (χ3v) is 2.96. The molecule has 2 N–H and O–H groups in total. The van der Waals surface area contributed by atoms with Crippen LogP contribution in [0.15, 0.2) is 36.8 Å². The quantitative estimate of drug-likeness (QED) is 0.771. The van der Waals surface area contributed by atoms with Crippen LogP contribution in [-0.4, -0.2) is 51.5 Å². The smallest absolute Gasteiger partial charge is 0.326 e. The standard InChI is InChI=1S/C14H16N4O4/c1-22-8-4-11(14(20)21)17-13(19)12-9-10(3-6-15-12)18-7-2-5-16-18/h2-3,5-7,9,11H,4,8H2,1H3,(H,17,19)(H,20,21). The minimum atomic E-state index is -1.12. The lowest BCUT2D eigenvalue weighted by Gasteiger charge is -2.14. The fourth-order valence-corrected chi connectivity index (χ4v) is 1.83. The second kappa shape index (κ2) is 7.32. The molecule has 1 unspecified atom stereocenters. The van der Waals surface area contributed by atoms with E-state index >= 15 is 0 Å². The van der Waals surface area contributed by atoms with E-state index in [-0.39, 0.29) is 18.7 Å². The lowest BCUT2D eigenvalue weighted by Crippen LogP contribution is -2.41. The maximum Gasteiger partial charge on any atom is 0.326 e. The molecule has 0 radical (unpaired) electrons. The van der Waals surface area contributed by atoms with Crippen LogP contribution in [0.1, 0.15) is 16.9 Å². The number of amides is 1. The van der Waals surface area contributed by atoms with Crippen molar-refractivity contribution in [3.63, 3.8) is 0 Å². The molecule has 8 heteroatoms. The van der Waals surface area contributed by atoms with E-state index in [2.05, 4.69) is 15.4 Å². The van der Waals surface area contributed by atoms with E-state index in [1.54, 1.807) is 29.2 Å². The van der Waals surface area contributed by atoms with E-state index in [4.69, 9.17) is 9.84 Å². The second-order valence-corrected chi connectivity index (χ2v) is 4.50. The van der Waals surface area contributed by atoms with Crippen molar-refractivity contribution in [1.29, 1.82) is 0 Å². The topological polar surface area (TPSA) is 106 Å².